The molecule has 10 nitrogen and oxygen atoms in total. The summed E-state index contributed by atoms with van der Waals surface area (Å²) in [6.07, 6.45) is 0.748. The lowest BCUT2D eigenvalue weighted by Crippen LogP contribution is -2.53. The molecular formula is C18H36N4O6. The quantitative estimate of drug-likeness (QED) is 0.182. The van der Waals surface area contributed by atoms with Crippen LogP contribution in [-0.4, -0.2) is 68.3 Å². The Morgan fingerprint density at radius 1 is 0.929 bits per heavy atom. The summed E-state index contributed by atoms with van der Waals surface area (Å²) in [4.78, 5) is 37.0. The highest BCUT2D eigenvalue weighted by Gasteiger charge is 2.30. The van der Waals surface area contributed by atoms with Crippen molar-refractivity contribution < 1.29 is 28.6 Å². The van der Waals surface area contributed by atoms with Gasteiger partial charge in [-0.3, -0.25) is 4.79 Å². The summed E-state index contributed by atoms with van der Waals surface area (Å²) in [5.41, 5.74) is 5.83. The standard InChI is InChI=1S/C18H36N4O6/c1-6-8-10-20-17(24)27-13(3)22(12-15(19)16(23)26-5)14(4)28-18(25)21-11-9-7-2/h13-15H,6-12,19H2,1-5H3,(H,20,24)(H,21,25). The van der Waals surface area contributed by atoms with E-state index in [1.54, 1.807) is 13.8 Å². The molecule has 0 fully saturated rings. The molecule has 0 rings (SSSR count). The number of ether oxygens (including phenoxy) is 3. The van der Waals surface area contributed by atoms with Crippen molar-refractivity contribution in [3.63, 3.8) is 0 Å². The number of nitrogens with zero attached hydrogens (tertiary/aromatic N) is 1. The predicted octanol–water partition coefficient (Wildman–Crippen LogP) is 1.53. The van der Waals surface area contributed by atoms with E-state index in [9.17, 15) is 14.4 Å². The molecule has 0 bridgehead atoms. The van der Waals surface area contributed by atoms with E-state index in [1.165, 1.54) is 12.0 Å². The monoisotopic (exact) mass is 404 g/mol. The summed E-state index contributed by atoms with van der Waals surface area (Å²) in [6, 6.07) is -0.992. The third kappa shape index (κ3) is 10.9. The number of amides is 2. The summed E-state index contributed by atoms with van der Waals surface area (Å²) in [5.74, 6) is -0.621. The predicted molar refractivity (Wildman–Crippen MR) is 104 cm³/mol. The summed E-state index contributed by atoms with van der Waals surface area (Å²) in [7, 11) is 1.23. The molecule has 0 radical (unpaired) electrons. The fourth-order valence-corrected chi connectivity index (χ4v) is 2.31. The lowest BCUT2D eigenvalue weighted by molar-refractivity contribution is -0.145. The van der Waals surface area contributed by atoms with E-state index in [1.807, 2.05) is 13.8 Å². The van der Waals surface area contributed by atoms with Crippen molar-refractivity contribution >= 4 is 18.2 Å². The van der Waals surface area contributed by atoms with E-state index in [2.05, 4.69) is 15.4 Å². The summed E-state index contributed by atoms with van der Waals surface area (Å²) in [5, 5.41) is 5.28. The van der Waals surface area contributed by atoms with Crippen molar-refractivity contribution in [2.24, 2.45) is 5.73 Å². The van der Waals surface area contributed by atoms with Gasteiger partial charge in [-0.1, -0.05) is 26.7 Å². The first-order chi connectivity index (χ1) is 13.3. The van der Waals surface area contributed by atoms with Crippen LogP contribution in [0.4, 0.5) is 9.59 Å². The third-order valence-corrected chi connectivity index (χ3v) is 4.00. The van der Waals surface area contributed by atoms with E-state index < -0.39 is 36.7 Å². The van der Waals surface area contributed by atoms with E-state index in [0.717, 1.165) is 25.7 Å². The van der Waals surface area contributed by atoms with Gasteiger partial charge in [-0.25, -0.2) is 14.5 Å². The van der Waals surface area contributed by atoms with Crippen LogP contribution in [-0.2, 0) is 19.0 Å². The molecule has 0 saturated carbocycles. The fraction of sp³-hybridized carbons (Fsp3) is 0.833. The van der Waals surface area contributed by atoms with Crippen LogP contribution in [0.1, 0.15) is 53.4 Å². The minimum Gasteiger partial charge on any atom is -0.468 e. The maximum absolute atomic E-state index is 11.9. The van der Waals surface area contributed by atoms with Crippen molar-refractivity contribution in [1.29, 1.82) is 0 Å². The van der Waals surface area contributed by atoms with Crippen LogP contribution >= 0.6 is 0 Å². The number of nitrogens with two attached hydrogens (primary N) is 1. The topological polar surface area (TPSA) is 132 Å². The Balaban J connectivity index is 4.94. The van der Waals surface area contributed by atoms with Gasteiger partial charge in [-0.15, -0.1) is 0 Å². The second-order valence-electron chi connectivity index (χ2n) is 6.40. The Bertz CT molecular complexity index is 447. The molecule has 10 heteroatoms. The van der Waals surface area contributed by atoms with Gasteiger partial charge >= 0.3 is 18.2 Å². The molecule has 0 saturated heterocycles. The average molecular weight is 405 g/mol. The maximum Gasteiger partial charge on any atom is 0.408 e. The Kier molecular flexibility index (Phi) is 13.8. The molecule has 28 heavy (non-hydrogen) atoms. The Hall–Kier alpha value is -2.07. The van der Waals surface area contributed by atoms with Crippen LogP contribution < -0.4 is 16.4 Å². The van der Waals surface area contributed by atoms with E-state index in [4.69, 9.17) is 15.2 Å². The number of carbonyl (C=O) groups excluding carboxylic acids is 3. The maximum atomic E-state index is 11.9. The number of esters is 1. The molecule has 0 aromatic heterocycles. The number of hydrogen-bond donors (Lipinski definition) is 3. The van der Waals surface area contributed by atoms with Gasteiger partial charge in [0.25, 0.3) is 0 Å². The smallest absolute Gasteiger partial charge is 0.408 e. The van der Waals surface area contributed by atoms with Crippen LogP contribution in [0.25, 0.3) is 0 Å². The molecule has 0 aliphatic rings. The lowest BCUT2D eigenvalue weighted by atomic mass is 10.2. The SMILES string of the molecule is CCCCNC(=O)OC(C)N(CC(N)C(=O)OC)C(C)OC(=O)NCCCC. The second-order valence-corrected chi connectivity index (χ2v) is 6.40. The number of nitrogens with one attached hydrogen (secondary N) is 2. The van der Waals surface area contributed by atoms with Gasteiger partial charge in [0.05, 0.1) is 7.11 Å². The molecule has 0 spiro atoms. The van der Waals surface area contributed by atoms with Gasteiger partial charge in [-0.05, 0) is 26.7 Å². The molecule has 0 aliphatic carbocycles. The molecule has 0 aromatic rings. The first-order valence-electron chi connectivity index (χ1n) is 9.74. The largest absolute Gasteiger partial charge is 0.468 e. The van der Waals surface area contributed by atoms with Crippen LogP contribution in [0, 0.1) is 0 Å². The fourth-order valence-electron chi connectivity index (χ4n) is 2.31. The van der Waals surface area contributed by atoms with Gasteiger partial charge < -0.3 is 30.6 Å². The summed E-state index contributed by atoms with van der Waals surface area (Å²) >= 11 is 0. The van der Waals surface area contributed by atoms with Gasteiger partial charge in [-0.2, -0.15) is 0 Å². The van der Waals surface area contributed by atoms with Crippen LogP contribution in [0.5, 0.6) is 0 Å². The Labute approximate surface area is 167 Å². The van der Waals surface area contributed by atoms with Crippen LogP contribution in [0.15, 0.2) is 0 Å². The summed E-state index contributed by atoms with van der Waals surface area (Å²) in [6.45, 7) is 8.20. The number of rotatable bonds is 13. The van der Waals surface area contributed by atoms with Gasteiger partial charge in [0.15, 0.2) is 12.5 Å². The highest BCUT2D eigenvalue weighted by Crippen LogP contribution is 2.11. The molecule has 164 valence electrons. The van der Waals surface area contributed by atoms with Gasteiger partial charge in [0.2, 0.25) is 0 Å². The highest BCUT2D eigenvalue weighted by molar-refractivity contribution is 5.75. The number of carbonyl (C=O) groups is 3. The Morgan fingerprint density at radius 3 is 1.71 bits per heavy atom. The molecule has 0 aromatic carbocycles. The number of unbranched alkanes of at least 4 members (excludes halogenated alkanes) is 2. The van der Waals surface area contributed by atoms with Crippen molar-refractivity contribution in [1.82, 2.24) is 15.5 Å². The van der Waals surface area contributed by atoms with Crippen LogP contribution in [0.2, 0.25) is 0 Å². The number of hydrogen-bond acceptors (Lipinski definition) is 8. The summed E-state index contributed by atoms with van der Waals surface area (Å²) < 4.78 is 15.3. The molecule has 3 atom stereocenters. The van der Waals surface area contributed by atoms with Crippen molar-refractivity contribution in [2.45, 2.75) is 71.9 Å². The molecule has 2 amide bonds. The Morgan fingerprint density at radius 2 is 1.36 bits per heavy atom. The molecular weight excluding hydrogens is 368 g/mol. The minimum absolute atomic E-state index is 0.0283. The zero-order valence-corrected chi connectivity index (χ0v) is 17.7. The van der Waals surface area contributed by atoms with E-state index >= 15 is 0 Å². The zero-order valence-electron chi connectivity index (χ0n) is 17.7. The molecule has 0 heterocycles. The van der Waals surface area contributed by atoms with E-state index in [0.29, 0.717) is 13.1 Å². The first-order valence-corrected chi connectivity index (χ1v) is 9.74. The minimum atomic E-state index is -0.992. The van der Waals surface area contributed by atoms with Crippen molar-refractivity contribution in [3.8, 4) is 0 Å². The third-order valence-electron chi connectivity index (χ3n) is 4.00. The highest BCUT2D eigenvalue weighted by atomic mass is 16.6. The number of alkyl carbamates (subject to hydrolysis) is 2. The molecule has 4 N–H and O–H groups in total. The molecule has 0 aliphatic heterocycles. The number of methoxy groups -OCH3 is 1. The average Bonchev–Trinajstić information content (AvgIpc) is 2.65. The van der Waals surface area contributed by atoms with Crippen LogP contribution in [0.3, 0.4) is 0 Å². The van der Waals surface area contributed by atoms with Crippen molar-refractivity contribution in [2.75, 3.05) is 26.7 Å². The van der Waals surface area contributed by atoms with Crippen molar-refractivity contribution in [3.05, 3.63) is 0 Å². The lowest BCUT2D eigenvalue weighted by Gasteiger charge is -2.34. The van der Waals surface area contributed by atoms with Gasteiger partial charge in [0, 0.05) is 19.6 Å². The second kappa shape index (κ2) is 14.9. The zero-order chi connectivity index (χ0) is 21.5. The van der Waals surface area contributed by atoms with Gasteiger partial charge in [0.1, 0.15) is 6.04 Å². The first kappa shape index (κ1) is 25.9. The molecule has 3 unspecified atom stereocenters. The van der Waals surface area contributed by atoms with E-state index in [-0.39, 0.29) is 6.54 Å². The normalized spacial score (nSPS) is 14.0.